The third-order valence-corrected chi connectivity index (χ3v) is 6.91. The zero-order chi connectivity index (χ0) is 24.7. The number of ether oxygens (including phenoxy) is 2. The predicted molar refractivity (Wildman–Crippen MR) is 133 cm³/mol. The van der Waals surface area contributed by atoms with Crippen LogP contribution in [0.4, 0.5) is 5.69 Å². The maximum atomic E-state index is 13.4. The predicted octanol–water partition coefficient (Wildman–Crippen LogP) is 4.01. The van der Waals surface area contributed by atoms with Crippen LogP contribution in [-0.4, -0.2) is 41.1 Å². The van der Waals surface area contributed by atoms with Crippen molar-refractivity contribution in [3.05, 3.63) is 83.4 Å². The number of hydrogen-bond acceptors (Lipinski definition) is 5. The molecule has 0 aliphatic rings. The summed E-state index contributed by atoms with van der Waals surface area (Å²) < 4.78 is 38.9. The van der Waals surface area contributed by atoms with Gasteiger partial charge in [0, 0.05) is 6.07 Å². The number of rotatable bonds is 10. The van der Waals surface area contributed by atoms with Gasteiger partial charge in [-0.3, -0.25) is 9.10 Å². The average Bonchev–Trinajstić information content (AvgIpc) is 2.80. The second-order valence-corrected chi connectivity index (χ2v) is 9.91. The largest absolute Gasteiger partial charge is 0.497 e. The fraction of sp³-hybridized carbons (Fsp3) is 0.269. The topological polar surface area (TPSA) is 84.9 Å². The molecule has 0 fully saturated rings. The fourth-order valence-corrected chi connectivity index (χ4v) is 4.89. The highest BCUT2D eigenvalue weighted by atomic mass is 32.2. The molecule has 0 aliphatic carbocycles. The molecular formula is C26H30N2O5S. The monoisotopic (exact) mass is 482 g/mol. The van der Waals surface area contributed by atoms with Crippen molar-refractivity contribution >= 4 is 21.6 Å². The van der Waals surface area contributed by atoms with E-state index in [1.165, 1.54) is 19.2 Å². The van der Waals surface area contributed by atoms with E-state index in [1.807, 2.05) is 32.9 Å². The van der Waals surface area contributed by atoms with Crippen LogP contribution in [0.15, 0.2) is 71.6 Å². The number of hydrogen-bond donors (Lipinski definition) is 1. The summed E-state index contributed by atoms with van der Waals surface area (Å²) in [6.45, 7) is 5.98. The zero-order valence-electron chi connectivity index (χ0n) is 19.9. The molecule has 180 valence electrons. The summed E-state index contributed by atoms with van der Waals surface area (Å²) in [7, 11) is -2.49. The van der Waals surface area contributed by atoms with E-state index >= 15 is 0 Å². The molecule has 0 spiro atoms. The lowest BCUT2D eigenvalue weighted by atomic mass is 10.1. The first-order valence-electron chi connectivity index (χ1n) is 10.9. The van der Waals surface area contributed by atoms with Crippen LogP contribution in [0.5, 0.6) is 11.5 Å². The minimum atomic E-state index is -3.99. The first-order valence-corrected chi connectivity index (χ1v) is 12.3. The van der Waals surface area contributed by atoms with Crippen LogP contribution < -0.4 is 19.1 Å². The number of carbonyl (C=O) groups excluding carboxylic acids is 1. The van der Waals surface area contributed by atoms with Crippen molar-refractivity contribution in [1.29, 1.82) is 0 Å². The van der Waals surface area contributed by atoms with Gasteiger partial charge < -0.3 is 14.8 Å². The summed E-state index contributed by atoms with van der Waals surface area (Å²) in [5, 5.41) is 2.74. The van der Waals surface area contributed by atoms with Gasteiger partial charge in [0.15, 0.2) is 0 Å². The van der Waals surface area contributed by atoms with Gasteiger partial charge in [-0.1, -0.05) is 29.8 Å². The molecule has 0 radical (unpaired) electrons. The molecule has 7 nitrogen and oxygen atoms in total. The number of nitrogens with one attached hydrogen (secondary N) is 1. The minimum absolute atomic E-state index is 0.104. The summed E-state index contributed by atoms with van der Waals surface area (Å²) in [5.41, 5.74) is 3.46. The van der Waals surface area contributed by atoms with Crippen molar-refractivity contribution in [3.63, 3.8) is 0 Å². The Morgan fingerprint density at radius 2 is 1.56 bits per heavy atom. The van der Waals surface area contributed by atoms with E-state index in [-0.39, 0.29) is 24.6 Å². The first-order chi connectivity index (χ1) is 16.2. The van der Waals surface area contributed by atoms with Gasteiger partial charge in [-0.25, -0.2) is 8.42 Å². The van der Waals surface area contributed by atoms with Gasteiger partial charge in [0.2, 0.25) is 5.91 Å². The highest BCUT2D eigenvalue weighted by molar-refractivity contribution is 7.92. The Hall–Kier alpha value is -3.52. The Morgan fingerprint density at radius 1 is 0.882 bits per heavy atom. The molecule has 3 aromatic rings. The molecule has 0 unspecified atom stereocenters. The Labute approximate surface area is 201 Å². The smallest absolute Gasteiger partial charge is 0.264 e. The van der Waals surface area contributed by atoms with Crippen LogP contribution in [0.1, 0.15) is 16.7 Å². The van der Waals surface area contributed by atoms with E-state index in [0.29, 0.717) is 11.4 Å². The zero-order valence-corrected chi connectivity index (χ0v) is 20.7. The molecule has 1 N–H and O–H groups in total. The van der Waals surface area contributed by atoms with E-state index in [9.17, 15) is 13.2 Å². The second-order valence-electron chi connectivity index (χ2n) is 8.05. The molecule has 34 heavy (non-hydrogen) atoms. The van der Waals surface area contributed by atoms with E-state index in [4.69, 9.17) is 9.47 Å². The maximum Gasteiger partial charge on any atom is 0.264 e. The molecule has 3 aromatic carbocycles. The van der Waals surface area contributed by atoms with Crippen LogP contribution in [0.25, 0.3) is 0 Å². The highest BCUT2D eigenvalue weighted by Gasteiger charge is 2.27. The molecule has 8 heteroatoms. The molecule has 0 atom stereocenters. The number of sulfonamides is 1. The number of nitrogens with zero attached hydrogens (tertiary/aromatic N) is 1. The van der Waals surface area contributed by atoms with Crippen LogP contribution in [0.2, 0.25) is 0 Å². The van der Waals surface area contributed by atoms with E-state index < -0.39 is 15.9 Å². The van der Waals surface area contributed by atoms with E-state index in [0.717, 1.165) is 26.7 Å². The molecule has 0 aliphatic heterocycles. The van der Waals surface area contributed by atoms with Crippen molar-refractivity contribution in [3.8, 4) is 11.5 Å². The van der Waals surface area contributed by atoms with Crippen molar-refractivity contribution < 1.29 is 22.7 Å². The third-order valence-electron chi connectivity index (χ3n) is 5.13. The number of benzene rings is 3. The van der Waals surface area contributed by atoms with Gasteiger partial charge in [-0.2, -0.15) is 0 Å². The number of aryl methyl sites for hydroxylation is 3. The van der Waals surface area contributed by atoms with E-state index in [1.54, 1.807) is 36.4 Å². The second kappa shape index (κ2) is 11.1. The number of methoxy groups -OCH3 is 1. The van der Waals surface area contributed by atoms with E-state index in [2.05, 4.69) is 11.4 Å². The molecule has 0 saturated heterocycles. The average molecular weight is 483 g/mol. The maximum absolute atomic E-state index is 13.4. The fourth-order valence-electron chi connectivity index (χ4n) is 3.48. The molecule has 0 bridgehead atoms. The van der Waals surface area contributed by atoms with Crippen molar-refractivity contribution in [1.82, 2.24) is 5.32 Å². The van der Waals surface area contributed by atoms with Crippen LogP contribution in [0, 0.1) is 20.8 Å². The summed E-state index contributed by atoms with van der Waals surface area (Å²) in [6, 6.07) is 19.0. The van der Waals surface area contributed by atoms with Crippen LogP contribution >= 0.6 is 0 Å². The summed E-state index contributed by atoms with van der Waals surface area (Å²) >= 11 is 0. The first kappa shape index (κ1) is 25.1. The lowest BCUT2D eigenvalue weighted by molar-refractivity contribution is -0.119. The van der Waals surface area contributed by atoms with Gasteiger partial charge >= 0.3 is 0 Å². The SMILES string of the molecule is COc1cccc(N(CC(=O)NCCOc2cc(C)cc(C)c2)S(=O)(=O)c2ccc(C)cc2)c1. The number of carbonyl (C=O) groups is 1. The Kier molecular flexibility index (Phi) is 8.17. The molecular weight excluding hydrogens is 452 g/mol. The van der Waals surface area contributed by atoms with Gasteiger partial charge in [0.05, 0.1) is 24.2 Å². The standard InChI is InChI=1S/C26H30N2O5S/c1-19-8-10-25(11-9-19)34(30,31)28(22-6-5-7-23(17-22)32-4)18-26(29)27-12-13-33-24-15-20(2)14-21(3)16-24/h5-11,14-17H,12-13,18H2,1-4H3,(H,27,29). The molecule has 0 saturated carbocycles. The molecule has 1 amide bonds. The van der Waals surface area contributed by atoms with Crippen molar-refractivity contribution in [2.24, 2.45) is 0 Å². The lowest BCUT2D eigenvalue weighted by Crippen LogP contribution is -2.41. The van der Waals surface area contributed by atoms with Crippen LogP contribution in [0.3, 0.4) is 0 Å². The lowest BCUT2D eigenvalue weighted by Gasteiger charge is -2.24. The van der Waals surface area contributed by atoms with Crippen molar-refractivity contribution in [2.45, 2.75) is 25.7 Å². The molecule has 3 rings (SSSR count). The Bertz CT molecular complexity index is 1220. The molecule has 0 heterocycles. The van der Waals surface area contributed by atoms with Gasteiger partial charge in [0.1, 0.15) is 24.7 Å². The Balaban J connectivity index is 1.73. The summed E-state index contributed by atoms with van der Waals surface area (Å²) in [4.78, 5) is 12.8. The van der Waals surface area contributed by atoms with Gasteiger partial charge in [-0.05, 0) is 68.3 Å². The van der Waals surface area contributed by atoms with Gasteiger partial charge in [-0.15, -0.1) is 0 Å². The molecule has 0 aromatic heterocycles. The van der Waals surface area contributed by atoms with Crippen molar-refractivity contribution in [2.75, 3.05) is 31.1 Å². The van der Waals surface area contributed by atoms with Crippen LogP contribution in [-0.2, 0) is 14.8 Å². The van der Waals surface area contributed by atoms with Gasteiger partial charge in [0.25, 0.3) is 10.0 Å². The summed E-state index contributed by atoms with van der Waals surface area (Å²) in [6.07, 6.45) is 0. The quantitative estimate of drug-likeness (QED) is 0.442. The number of amides is 1. The summed E-state index contributed by atoms with van der Waals surface area (Å²) in [5.74, 6) is 0.776. The highest BCUT2D eigenvalue weighted by Crippen LogP contribution is 2.27. The normalized spacial score (nSPS) is 11.1. The Morgan fingerprint density at radius 3 is 2.21 bits per heavy atom. The third kappa shape index (κ3) is 6.51. The minimum Gasteiger partial charge on any atom is -0.497 e. The number of anilines is 1.